The van der Waals surface area contributed by atoms with Crippen LogP contribution in [0.2, 0.25) is 0 Å². The number of hydrogen-bond acceptors (Lipinski definition) is 3. The molecule has 0 radical (unpaired) electrons. The standard InChI is InChI=1S/C9H14O3/c1-2-3-4-5-7-6-8(10)9(11)12-7/h4-5,7-8,10H,2-3,6H2,1H3/b5-4+/t7-,8+/m1/s1. The van der Waals surface area contributed by atoms with Crippen molar-refractivity contribution in [1.29, 1.82) is 0 Å². The summed E-state index contributed by atoms with van der Waals surface area (Å²) in [5.41, 5.74) is 0. The number of rotatable bonds is 3. The molecule has 0 amide bonds. The van der Waals surface area contributed by atoms with Crippen LogP contribution in [0.15, 0.2) is 12.2 Å². The first-order valence-corrected chi connectivity index (χ1v) is 4.29. The predicted octanol–water partition coefficient (Wildman–Crippen LogP) is 1.02. The lowest BCUT2D eigenvalue weighted by atomic mass is 10.2. The SMILES string of the molecule is CCC/C=C/[C@@H]1C[C@H](O)C(=O)O1. The first-order valence-electron chi connectivity index (χ1n) is 4.29. The molecule has 1 N–H and O–H groups in total. The Labute approximate surface area is 72.0 Å². The number of allylic oxidation sites excluding steroid dienone is 1. The lowest BCUT2D eigenvalue weighted by Crippen LogP contribution is -2.11. The smallest absolute Gasteiger partial charge is 0.335 e. The summed E-state index contributed by atoms with van der Waals surface area (Å²) in [5, 5.41) is 9.02. The number of aliphatic hydroxyl groups is 1. The van der Waals surface area contributed by atoms with Gasteiger partial charge >= 0.3 is 5.97 Å². The van der Waals surface area contributed by atoms with Gasteiger partial charge in [0.15, 0.2) is 6.10 Å². The van der Waals surface area contributed by atoms with Gasteiger partial charge in [0, 0.05) is 6.42 Å². The number of ether oxygens (including phenoxy) is 1. The van der Waals surface area contributed by atoms with E-state index in [-0.39, 0.29) is 6.10 Å². The Morgan fingerprint density at radius 3 is 3.00 bits per heavy atom. The zero-order valence-electron chi connectivity index (χ0n) is 7.19. The van der Waals surface area contributed by atoms with Gasteiger partial charge in [-0.15, -0.1) is 0 Å². The van der Waals surface area contributed by atoms with E-state index in [1.54, 1.807) is 0 Å². The van der Waals surface area contributed by atoms with Crippen LogP contribution in [-0.2, 0) is 9.53 Å². The van der Waals surface area contributed by atoms with E-state index in [4.69, 9.17) is 9.84 Å². The van der Waals surface area contributed by atoms with Crippen LogP contribution in [-0.4, -0.2) is 23.3 Å². The van der Waals surface area contributed by atoms with E-state index in [0.29, 0.717) is 6.42 Å². The molecule has 0 saturated carbocycles. The van der Waals surface area contributed by atoms with Crippen molar-refractivity contribution < 1.29 is 14.6 Å². The summed E-state index contributed by atoms with van der Waals surface area (Å²) in [6, 6.07) is 0. The van der Waals surface area contributed by atoms with Crippen LogP contribution >= 0.6 is 0 Å². The fourth-order valence-electron chi connectivity index (χ4n) is 1.12. The van der Waals surface area contributed by atoms with Crippen molar-refractivity contribution in [3.8, 4) is 0 Å². The fourth-order valence-corrected chi connectivity index (χ4v) is 1.12. The molecule has 12 heavy (non-hydrogen) atoms. The summed E-state index contributed by atoms with van der Waals surface area (Å²) in [5.74, 6) is -0.499. The number of hydrogen-bond donors (Lipinski definition) is 1. The van der Waals surface area contributed by atoms with Gasteiger partial charge in [0.05, 0.1) is 0 Å². The Kier molecular flexibility index (Phi) is 3.29. The molecule has 0 unspecified atom stereocenters. The van der Waals surface area contributed by atoms with Gasteiger partial charge in [0.2, 0.25) is 0 Å². The molecule has 1 aliphatic rings. The van der Waals surface area contributed by atoms with Crippen LogP contribution in [0.1, 0.15) is 26.2 Å². The topological polar surface area (TPSA) is 46.5 Å². The highest BCUT2D eigenvalue weighted by atomic mass is 16.6. The lowest BCUT2D eigenvalue weighted by Gasteiger charge is -1.99. The maximum Gasteiger partial charge on any atom is 0.335 e. The van der Waals surface area contributed by atoms with Crippen LogP contribution in [0.3, 0.4) is 0 Å². The number of unbranched alkanes of at least 4 members (excludes halogenated alkanes) is 1. The minimum atomic E-state index is -0.915. The molecule has 3 heteroatoms. The summed E-state index contributed by atoms with van der Waals surface area (Å²) in [4.78, 5) is 10.7. The second-order valence-corrected chi connectivity index (χ2v) is 2.94. The Morgan fingerprint density at radius 1 is 1.75 bits per heavy atom. The fraction of sp³-hybridized carbons (Fsp3) is 0.667. The first kappa shape index (κ1) is 9.26. The zero-order valence-corrected chi connectivity index (χ0v) is 7.19. The van der Waals surface area contributed by atoms with Crippen LogP contribution < -0.4 is 0 Å². The summed E-state index contributed by atoms with van der Waals surface area (Å²) in [7, 11) is 0. The van der Waals surface area contributed by atoms with Gasteiger partial charge in [0.25, 0.3) is 0 Å². The maximum absolute atomic E-state index is 10.7. The van der Waals surface area contributed by atoms with Gasteiger partial charge in [-0.3, -0.25) is 0 Å². The van der Waals surface area contributed by atoms with Crippen molar-refractivity contribution in [2.24, 2.45) is 0 Å². The van der Waals surface area contributed by atoms with Crippen molar-refractivity contribution in [3.63, 3.8) is 0 Å². The second kappa shape index (κ2) is 4.26. The van der Waals surface area contributed by atoms with Crippen molar-refractivity contribution in [2.45, 2.75) is 38.4 Å². The lowest BCUT2D eigenvalue weighted by molar-refractivity contribution is -0.146. The predicted molar refractivity (Wildman–Crippen MR) is 44.6 cm³/mol. The van der Waals surface area contributed by atoms with Crippen LogP contribution in [0.25, 0.3) is 0 Å². The van der Waals surface area contributed by atoms with Crippen molar-refractivity contribution >= 4 is 5.97 Å². The molecule has 3 nitrogen and oxygen atoms in total. The summed E-state index contributed by atoms with van der Waals surface area (Å²) >= 11 is 0. The molecule has 1 heterocycles. The number of carbonyl (C=O) groups is 1. The largest absolute Gasteiger partial charge is 0.456 e. The molecule has 2 atom stereocenters. The van der Waals surface area contributed by atoms with Gasteiger partial charge in [-0.2, -0.15) is 0 Å². The normalized spacial score (nSPS) is 29.7. The maximum atomic E-state index is 10.7. The molecule has 0 aliphatic carbocycles. The van der Waals surface area contributed by atoms with E-state index in [0.717, 1.165) is 12.8 Å². The summed E-state index contributed by atoms with van der Waals surface area (Å²) in [6.07, 6.45) is 5.18. The molecular formula is C9H14O3. The molecule has 1 rings (SSSR count). The molecule has 0 aromatic carbocycles. The Bertz CT molecular complexity index is 186. The van der Waals surface area contributed by atoms with Crippen molar-refractivity contribution in [3.05, 3.63) is 12.2 Å². The molecule has 1 saturated heterocycles. The quantitative estimate of drug-likeness (QED) is 0.508. The van der Waals surface area contributed by atoms with E-state index in [9.17, 15) is 4.79 Å². The molecule has 68 valence electrons. The third-order valence-corrected chi connectivity index (χ3v) is 1.80. The highest BCUT2D eigenvalue weighted by molar-refractivity contribution is 5.76. The zero-order chi connectivity index (χ0) is 8.97. The minimum Gasteiger partial charge on any atom is -0.456 e. The van der Waals surface area contributed by atoms with Crippen molar-refractivity contribution in [2.75, 3.05) is 0 Å². The molecule has 0 aromatic heterocycles. The van der Waals surface area contributed by atoms with Gasteiger partial charge in [-0.05, 0) is 12.5 Å². The molecule has 1 aliphatic heterocycles. The molecule has 0 bridgehead atoms. The molecule has 0 spiro atoms. The van der Waals surface area contributed by atoms with E-state index < -0.39 is 12.1 Å². The van der Waals surface area contributed by atoms with Crippen LogP contribution in [0.5, 0.6) is 0 Å². The number of esters is 1. The third-order valence-electron chi connectivity index (χ3n) is 1.80. The number of carbonyl (C=O) groups excluding carboxylic acids is 1. The highest BCUT2D eigenvalue weighted by Gasteiger charge is 2.30. The van der Waals surface area contributed by atoms with Gasteiger partial charge in [-0.1, -0.05) is 19.4 Å². The molecule has 1 fully saturated rings. The van der Waals surface area contributed by atoms with E-state index >= 15 is 0 Å². The Morgan fingerprint density at radius 2 is 2.50 bits per heavy atom. The third kappa shape index (κ3) is 2.34. The van der Waals surface area contributed by atoms with Gasteiger partial charge in [-0.25, -0.2) is 4.79 Å². The van der Waals surface area contributed by atoms with E-state index in [2.05, 4.69) is 6.92 Å². The number of cyclic esters (lactones) is 1. The average Bonchev–Trinajstić information content (AvgIpc) is 2.32. The highest BCUT2D eigenvalue weighted by Crippen LogP contribution is 2.15. The average molecular weight is 170 g/mol. The van der Waals surface area contributed by atoms with Gasteiger partial charge < -0.3 is 9.84 Å². The minimum absolute atomic E-state index is 0.209. The van der Waals surface area contributed by atoms with E-state index in [1.165, 1.54) is 0 Å². The number of aliphatic hydroxyl groups excluding tert-OH is 1. The van der Waals surface area contributed by atoms with E-state index in [1.807, 2.05) is 12.2 Å². The van der Waals surface area contributed by atoms with Gasteiger partial charge in [0.1, 0.15) is 6.10 Å². The first-order chi connectivity index (χ1) is 5.74. The Balaban J connectivity index is 2.32. The van der Waals surface area contributed by atoms with Crippen molar-refractivity contribution in [1.82, 2.24) is 0 Å². The molecular weight excluding hydrogens is 156 g/mol. The Hall–Kier alpha value is -0.830. The van der Waals surface area contributed by atoms with Crippen LogP contribution in [0.4, 0.5) is 0 Å². The second-order valence-electron chi connectivity index (χ2n) is 2.94. The summed E-state index contributed by atoms with van der Waals surface area (Å²) in [6.45, 7) is 2.08. The summed E-state index contributed by atoms with van der Waals surface area (Å²) < 4.78 is 4.84. The molecule has 0 aromatic rings. The monoisotopic (exact) mass is 170 g/mol. The van der Waals surface area contributed by atoms with Crippen LogP contribution in [0, 0.1) is 0 Å².